The summed E-state index contributed by atoms with van der Waals surface area (Å²) in [5, 5.41) is 8.89. The minimum Gasteiger partial charge on any atom is -0.298 e. The Kier molecular flexibility index (Phi) is 3.42. The van der Waals surface area contributed by atoms with Crippen LogP contribution in [-0.2, 0) is 5.54 Å². The molecule has 2 heterocycles. The van der Waals surface area contributed by atoms with Crippen molar-refractivity contribution >= 4 is 22.7 Å². The van der Waals surface area contributed by atoms with E-state index in [1.165, 1.54) is 4.88 Å². The van der Waals surface area contributed by atoms with Gasteiger partial charge in [-0.1, -0.05) is 6.07 Å². The standard InChI is InChI=1S/C12H16N2S2/c1-9(10-5-4-7-15-10)14-12(2,3)11-13-6-8-16-11/h4-9,14H,1-3H3. The normalized spacial score (nSPS) is 13.9. The number of hydrogen-bond donors (Lipinski definition) is 1. The molecule has 0 radical (unpaired) electrons. The van der Waals surface area contributed by atoms with Crippen molar-refractivity contribution in [2.75, 3.05) is 0 Å². The highest BCUT2D eigenvalue weighted by molar-refractivity contribution is 7.10. The van der Waals surface area contributed by atoms with Crippen LogP contribution >= 0.6 is 22.7 Å². The molecule has 4 heteroatoms. The molecular weight excluding hydrogens is 236 g/mol. The summed E-state index contributed by atoms with van der Waals surface area (Å²) in [5.41, 5.74) is -0.0719. The third kappa shape index (κ3) is 2.51. The lowest BCUT2D eigenvalue weighted by molar-refractivity contribution is 0.359. The Balaban J connectivity index is 2.09. The number of rotatable bonds is 4. The monoisotopic (exact) mass is 252 g/mol. The number of aromatic nitrogens is 1. The smallest absolute Gasteiger partial charge is 0.112 e. The van der Waals surface area contributed by atoms with Gasteiger partial charge >= 0.3 is 0 Å². The predicted molar refractivity (Wildman–Crippen MR) is 71.0 cm³/mol. The highest BCUT2D eigenvalue weighted by Crippen LogP contribution is 2.27. The van der Waals surface area contributed by atoms with Gasteiger partial charge in [-0.15, -0.1) is 22.7 Å². The lowest BCUT2D eigenvalue weighted by atomic mass is 10.0. The van der Waals surface area contributed by atoms with Gasteiger partial charge in [0.2, 0.25) is 0 Å². The lowest BCUT2D eigenvalue weighted by Gasteiger charge is -2.27. The zero-order valence-corrected chi connectivity index (χ0v) is 11.4. The second-order valence-electron chi connectivity index (χ2n) is 4.34. The van der Waals surface area contributed by atoms with E-state index in [0.717, 1.165) is 5.01 Å². The highest BCUT2D eigenvalue weighted by atomic mass is 32.1. The zero-order chi connectivity index (χ0) is 11.6. The van der Waals surface area contributed by atoms with Crippen LogP contribution in [0, 0.1) is 0 Å². The molecule has 0 aliphatic carbocycles. The average molecular weight is 252 g/mol. The van der Waals surface area contributed by atoms with Crippen LogP contribution < -0.4 is 5.32 Å². The summed E-state index contributed by atoms with van der Waals surface area (Å²) in [7, 11) is 0. The molecule has 0 aromatic carbocycles. The summed E-state index contributed by atoms with van der Waals surface area (Å²) < 4.78 is 0. The van der Waals surface area contributed by atoms with E-state index >= 15 is 0 Å². The molecule has 1 atom stereocenters. The van der Waals surface area contributed by atoms with Crippen LogP contribution in [0.1, 0.15) is 36.7 Å². The minimum atomic E-state index is -0.0719. The SMILES string of the molecule is CC(NC(C)(C)c1nccs1)c1cccs1. The van der Waals surface area contributed by atoms with E-state index in [1.54, 1.807) is 22.7 Å². The second kappa shape index (κ2) is 4.65. The van der Waals surface area contributed by atoms with E-state index in [-0.39, 0.29) is 5.54 Å². The molecule has 0 saturated carbocycles. The molecule has 2 nitrogen and oxygen atoms in total. The van der Waals surface area contributed by atoms with Gasteiger partial charge in [-0.3, -0.25) is 5.32 Å². The minimum absolute atomic E-state index is 0.0719. The van der Waals surface area contributed by atoms with Crippen molar-refractivity contribution < 1.29 is 0 Å². The van der Waals surface area contributed by atoms with Gasteiger partial charge in [0.1, 0.15) is 5.01 Å². The van der Waals surface area contributed by atoms with Crippen LogP contribution in [0.3, 0.4) is 0 Å². The van der Waals surface area contributed by atoms with Crippen molar-refractivity contribution in [1.82, 2.24) is 10.3 Å². The third-order valence-electron chi connectivity index (χ3n) is 2.51. The Labute approximate surface area is 104 Å². The fraction of sp³-hybridized carbons (Fsp3) is 0.417. The molecule has 2 aromatic rings. The van der Waals surface area contributed by atoms with Gasteiger partial charge in [0.25, 0.3) is 0 Å². The maximum absolute atomic E-state index is 4.38. The fourth-order valence-electron chi connectivity index (χ4n) is 1.74. The Hall–Kier alpha value is -0.710. The molecule has 0 aliphatic heterocycles. The first kappa shape index (κ1) is 11.8. The quantitative estimate of drug-likeness (QED) is 0.895. The Morgan fingerprint density at radius 1 is 1.31 bits per heavy atom. The number of thiophene rings is 1. The predicted octanol–water partition coefficient (Wildman–Crippen LogP) is 3.79. The molecular formula is C12H16N2S2. The molecule has 1 N–H and O–H groups in total. The Morgan fingerprint density at radius 3 is 2.69 bits per heavy atom. The molecule has 1 unspecified atom stereocenters. The molecule has 86 valence electrons. The summed E-state index contributed by atoms with van der Waals surface area (Å²) in [6.07, 6.45) is 1.86. The van der Waals surface area contributed by atoms with Crippen LogP contribution in [0.25, 0.3) is 0 Å². The van der Waals surface area contributed by atoms with Gasteiger partial charge in [0, 0.05) is 22.5 Å². The molecule has 0 spiro atoms. The van der Waals surface area contributed by atoms with Crippen LogP contribution in [-0.4, -0.2) is 4.98 Å². The molecule has 2 rings (SSSR count). The van der Waals surface area contributed by atoms with Gasteiger partial charge in [-0.2, -0.15) is 0 Å². The van der Waals surface area contributed by atoms with Gasteiger partial charge < -0.3 is 0 Å². The van der Waals surface area contributed by atoms with Gasteiger partial charge in [0.05, 0.1) is 5.54 Å². The number of hydrogen-bond acceptors (Lipinski definition) is 4. The maximum Gasteiger partial charge on any atom is 0.112 e. The first-order valence-electron chi connectivity index (χ1n) is 5.30. The summed E-state index contributed by atoms with van der Waals surface area (Å²) in [4.78, 5) is 5.75. The average Bonchev–Trinajstić information content (AvgIpc) is 2.91. The largest absolute Gasteiger partial charge is 0.298 e. The van der Waals surface area contributed by atoms with Crippen molar-refractivity contribution in [1.29, 1.82) is 0 Å². The van der Waals surface area contributed by atoms with Crippen molar-refractivity contribution in [3.63, 3.8) is 0 Å². The van der Waals surface area contributed by atoms with E-state index in [2.05, 4.69) is 48.6 Å². The van der Waals surface area contributed by atoms with E-state index < -0.39 is 0 Å². The number of nitrogens with zero attached hydrogens (tertiary/aromatic N) is 1. The zero-order valence-electron chi connectivity index (χ0n) is 9.73. The van der Waals surface area contributed by atoms with E-state index in [9.17, 15) is 0 Å². The summed E-state index contributed by atoms with van der Waals surface area (Å²) in [6.45, 7) is 6.55. The molecule has 0 bridgehead atoms. The lowest BCUT2D eigenvalue weighted by Crippen LogP contribution is -2.37. The number of thiazole rings is 1. The highest BCUT2D eigenvalue weighted by Gasteiger charge is 2.25. The van der Waals surface area contributed by atoms with Crippen molar-refractivity contribution in [2.45, 2.75) is 32.4 Å². The Bertz CT molecular complexity index is 418. The molecule has 0 amide bonds. The molecule has 16 heavy (non-hydrogen) atoms. The molecule has 0 saturated heterocycles. The van der Waals surface area contributed by atoms with Gasteiger partial charge in [-0.05, 0) is 32.2 Å². The van der Waals surface area contributed by atoms with Crippen LogP contribution in [0.2, 0.25) is 0 Å². The maximum atomic E-state index is 4.38. The van der Waals surface area contributed by atoms with E-state index in [4.69, 9.17) is 0 Å². The van der Waals surface area contributed by atoms with Crippen LogP contribution in [0.5, 0.6) is 0 Å². The van der Waals surface area contributed by atoms with Crippen LogP contribution in [0.15, 0.2) is 29.1 Å². The van der Waals surface area contributed by atoms with Gasteiger partial charge in [0.15, 0.2) is 0 Å². The van der Waals surface area contributed by atoms with Gasteiger partial charge in [-0.25, -0.2) is 4.98 Å². The summed E-state index contributed by atoms with van der Waals surface area (Å²) >= 11 is 3.49. The summed E-state index contributed by atoms with van der Waals surface area (Å²) in [6, 6.07) is 4.62. The first-order chi connectivity index (χ1) is 7.59. The van der Waals surface area contributed by atoms with Crippen molar-refractivity contribution in [3.8, 4) is 0 Å². The topological polar surface area (TPSA) is 24.9 Å². The first-order valence-corrected chi connectivity index (χ1v) is 7.06. The van der Waals surface area contributed by atoms with Crippen molar-refractivity contribution in [2.24, 2.45) is 0 Å². The molecule has 0 aliphatic rings. The molecule has 2 aromatic heterocycles. The fourth-order valence-corrected chi connectivity index (χ4v) is 3.20. The third-order valence-corrected chi connectivity index (χ3v) is 4.67. The second-order valence-corrected chi connectivity index (χ2v) is 6.22. The Morgan fingerprint density at radius 2 is 2.12 bits per heavy atom. The van der Waals surface area contributed by atoms with Crippen LogP contribution in [0.4, 0.5) is 0 Å². The molecule has 0 fully saturated rings. The number of nitrogens with one attached hydrogen (secondary N) is 1. The summed E-state index contributed by atoms with van der Waals surface area (Å²) in [5.74, 6) is 0. The van der Waals surface area contributed by atoms with Crippen molar-refractivity contribution in [3.05, 3.63) is 39.0 Å². The van der Waals surface area contributed by atoms with E-state index in [1.807, 2.05) is 11.6 Å². The van der Waals surface area contributed by atoms with E-state index in [0.29, 0.717) is 6.04 Å².